The summed E-state index contributed by atoms with van der Waals surface area (Å²) >= 11 is 0. The van der Waals surface area contributed by atoms with E-state index in [9.17, 15) is 31.5 Å². The number of rotatable bonds is 2. The van der Waals surface area contributed by atoms with Gasteiger partial charge in [-0.05, 0) is 31.6 Å². The summed E-state index contributed by atoms with van der Waals surface area (Å²) in [6.45, 7) is 0.993. The Bertz CT molecular complexity index is 911. The number of carbonyl (C=O) groups excluding carboxylic acids is 2. The third kappa shape index (κ3) is 2.89. The third-order valence-electron chi connectivity index (χ3n) is 4.48. The molecule has 136 valence electrons. The van der Waals surface area contributed by atoms with Crippen LogP contribution in [-0.2, 0) is 0 Å². The summed E-state index contributed by atoms with van der Waals surface area (Å²) < 4.78 is 66.2. The molecule has 3 nitrogen and oxygen atoms in total. The van der Waals surface area contributed by atoms with Crippen LogP contribution in [0, 0.1) is 17.0 Å². The molecule has 8 heteroatoms. The fraction of sp³-hybridized carbons (Fsp3) is 0.278. The van der Waals surface area contributed by atoms with Gasteiger partial charge in [-0.25, -0.2) is 8.78 Å². The molecule has 1 aromatic rings. The van der Waals surface area contributed by atoms with Gasteiger partial charge in [0.1, 0.15) is 5.41 Å². The van der Waals surface area contributed by atoms with E-state index in [1.807, 2.05) is 0 Å². The van der Waals surface area contributed by atoms with Crippen LogP contribution < -0.4 is 0 Å². The molecule has 0 spiro atoms. The minimum absolute atomic E-state index is 0.147. The highest BCUT2D eigenvalue weighted by atomic mass is 19.4. The molecule has 0 saturated carbocycles. The highest BCUT2D eigenvalue weighted by Crippen LogP contribution is 2.42. The van der Waals surface area contributed by atoms with Gasteiger partial charge in [-0.3, -0.25) is 14.6 Å². The predicted molar refractivity (Wildman–Crippen MR) is 83.1 cm³/mol. The highest BCUT2D eigenvalue weighted by Gasteiger charge is 2.50. The minimum Gasteiger partial charge on any atom is -0.289 e. The van der Waals surface area contributed by atoms with Crippen LogP contribution in [0.3, 0.4) is 0 Å². The Balaban J connectivity index is 1.87. The maximum atomic E-state index is 13.9. The largest absolute Gasteiger partial charge is 0.399 e. The van der Waals surface area contributed by atoms with E-state index in [-0.39, 0.29) is 29.7 Å². The van der Waals surface area contributed by atoms with Crippen LogP contribution in [0.1, 0.15) is 40.5 Å². The predicted octanol–water partition coefficient (Wildman–Crippen LogP) is 4.59. The number of hydrogen-bond donors (Lipinski definition) is 0. The fourth-order valence-corrected chi connectivity index (χ4v) is 2.73. The molecule has 1 unspecified atom stereocenters. The number of hydrogen-bond acceptors (Lipinski definition) is 3. The lowest BCUT2D eigenvalue weighted by Gasteiger charge is -2.29. The molecule has 0 saturated heterocycles. The van der Waals surface area contributed by atoms with E-state index in [2.05, 4.69) is 4.99 Å². The van der Waals surface area contributed by atoms with Gasteiger partial charge in [-0.1, -0.05) is 6.08 Å². The summed E-state index contributed by atoms with van der Waals surface area (Å²) in [6, 6.07) is 1.78. The average Bonchev–Trinajstić information content (AvgIpc) is 2.56. The van der Waals surface area contributed by atoms with Crippen molar-refractivity contribution >= 4 is 17.8 Å². The zero-order chi connectivity index (χ0) is 19.3. The molecular weight excluding hydrogens is 357 g/mol. The Hall–Kier alpha value is -2.64. The van der Waals surface area contributed by atoms with E-state index in [0.29, 0.717) is 0 Å². The molecule has 1 aromatic carbocycles. The van der Waals surface area contributed by atoms with E-state index < -0.39 is 40.4 Å². The Morgan fingerprint density at radius 1 is 1.19 bits per heavy atom. The maximum absolute atomic E-state index is 13.9. The lowest BCUT2D eigenvalue weighted by atomic mass is 9.83. The van der Waals surface area contributed by atoms with Gasteiger partial charge in [0.15, 0.2) is 23.2 Å². The highest BCUT2D eigenvalue weighted by molar-refractivity contribution is 6.24. The van der Waals surface area contributed by atoms with Crippen LogP contribution in [0.4, 0.5) is 22.0 Å². The molecule has 0 radical (unpaired) electrons. The molecule has 1 heterocycles. The average molecular weight is 369 g/mol. The van der Waals surface area contributed by atoms with Crippen LogP contribution >= 0.6 is 0 Å². The zero-order valence-electron chi connectivity index (χ0n) is 13.5. The smallest absolute Gasteiger partial charge is 0.289 e. The number of fused-ring (bicyclic) bond motifs is 1. The number of carbonyl (C=O) groups is 2. The van der Waals surface area contributed by atoms with Crippen molar-refractivity contribution in [2.24, 2.45) is 10.4 Å². The number of alkyl halides is 3. The van der Waals surface area contributed by atoms with Gasteiger partial charge in [0.25, 0.3) is 0 Å². The van der Waals surface area contributed by atoms with Gasteiger partial charge in [0.2, 0.25) is 0 Å². The SMILES string of the molecule is CC1(C(F)(F)F)C=NC(CC2=CC(=O)c3ccc(F)c(F)c3C2=O)=CC1. The number of halogens is 5. The van der Waals surface area contributed by atoms with Crippen LogP contribution in [0.5, 0.6) is 0 Å². The normalized spacial score (nSPS) is 22.8. The summed E-state index contributed by atoms with van der Waals surface area (Å²) in [5, 5.41) is 0. The monoisotopic (exact) mass is 369 g/mol. The summed E-state index contributed by atoms with van der Waals surface area (Å²) in [5.74, 6) is -4.23. The second kappa shape index (κ2) is 5.96. The topological polar surface area (TPSA) is 46.5 Å². The van der Waals surface area contributed by atoms with Crippen molar-refractivity contribution in [1.82, 2.24) is 0 Å². The first-order valence-electron chi connectivity index (χ1n) is 7.62. The maximum Gasteiger partial charge on any atom is 0.399 e. The first-order valence-corrected chi connectivity index (χ1v) is 7.62. The Morgan fingerprint density at radius 2 is 1.88 bits per heavy atom. The first kappa shape index (κ1) is 18.2. The van der Waals surface area contributed by atoms with E-state index in [1.54, 1.807) is 0 Å². The fourth-order valence-electron chi connectivity index (χ4n) is 2.73. The van der Waals surface area contributed by atoms with Gasteiger partial charge >= 0.3 is 6.18 Å². The lowest BCUT2D eigenvalue weighted by molar-refractivity contribution is -0.189. The van der Waals surface area contributed by atoms with Crippen molar-refractivity contribution in [2.45, 2.75) is 25.9 Å². The van der Waals surface area contributed by atoms with Crippen molar-refractivity contribution < 1.29 is 31.5 Å². The molecule has 0 N–H and O–H groups in total. The van der Waals surface area contributed by atoms with E-state index in [0.717, 1.165) is 31.3 Å². The van der Waals surface area contributed by atoms with Crippen molar-refractivity contribution in [2.75, 3.05) is 0 Å². The molecule has 1 aliphatic carbocycles. The van der Waals surface area contributed by atoms with E-state index in [4.69, 9.17) is 0 Å². The van der Waals surface area contributed by atoms with Gasteiger partial charge < -0.3 is 0 Å². The van der Waals surface area contributed by atoms with Crippen LogP contribution in [0.15, 0.2) is 40.5 Å². The van der Waals surface area contributed by atoms with Crippen molar-refractivity contribution in [3.63, 3.8) is 0 Å². The van der Waals surface area contributed by atoms with Gasteiger partial charge in [0, 0.05) is 29.5 Å². The number of benzene rings is 1. The van der Waals surface area contributed by atoms with E-state index >= 15 is 0 Å². The molecule has 26 heavy (non-hydrogen) atoms. The Labute approximate surface area is 144 Å². The quantitative estimate of drug-likeness (QED) is 0.716. The second-order valence-electron chi connectivity index (χ2n) is 6.40. The van der Waals surface area contributed by atoms with E-state index in [1.165, 1.54) is 6.08 Å². The van der Waals surface area contributed by atoms with Crippen molar-refractivity contribution in [3.8, 4) is 0 Å². The molecular formula is C18H12F5NO2. The minimum atomic E-state index is -4.48. The number of nitrogens with zero attached hydrogens (tertiary/aromatic N) is 1. The molecule has 0 bridgehead atoms. The molecule has 2 aliphatic rings. The van der Waals surface area contributed by atoms with Crippen LogP contribution in [0.25, 0.3) is 0 Å². The Kier molecular flexibility index (Phi) is 4.17. The molecule has 0 fully saturated rings. The zero-order valence-corrected chi connectivity index (χ0v) is 13.5. The third-order valence-corrected chi connectivity index (χ3v) is 4.48. The van der Waals surface area contributed by atoms with Gasteiger partial charge in [0.05, 0.1) is 5.56 Å². The van der Waals surface area contributed by atoms with Gasteiger partial charge in [-0.2, -0.15) is 13.2 Å². The summed E-state index contributed by atoms with van der Waals surface area (Å²) in [5.41, 5.74) is -3.01. The Morgan fingerprint density at radius 3 is 2.46 bits per heavy atom. The molecule has 0 amide bonds. The summed E-state index contributed by atoms with van der Waals surface area (Å²) in [6.07, 6.45) is -2.13. The first-order chi connectivity index (χ1) is 12.0. The van der Waals surface area contributed by atoms with Crippen molar-refractivity contribution in [1.29, 1.82) is 0 Å². The standard InChI is InChI=1S/C18H12F5NO2/c1-17(18(21,22)23)5-4-10(24-8-17)6-9-7-13(25)11-2-3-12(19)15(20)14(11)16(9)26/h2-4,7-8H,5-6H2,1H3. The molecule has 1 aliphatic heterocycles. The number of allylic oxidation sites excluding steroid dienone is 3. The van der Waals surface area contributed by atoms with Gasteiger partial charge in [-0.15, -0.1) is 0 Å². The van der Waals surface area contributed by atoms with Crippen LogP contribution in [0.2, 0.25) is 0 Å². The number of ketones is 2. The summed E-state index contributed by atoms with van der Waals surface area (Å²) in [4.78, 5) is 28.2. The molecule has 0 aromatic heterocycles. The lowest BCUT2D eigenvalue weighted by Crippen LogP contribution is -2.37. The van der Waals surface area contributed by atoms with Crippen LogP contribution in [-0.4, -0.2) is 24.0 Å². The second-order valence-corrected chi connectivity index (χ2v) is 6.40. The van der Waals surface area contributed by atoms with Crippen molar-refractivity contribution in [3.05, 3.63) is 58.3 Å². The molecule has 3 rings (SSSR count). The summed E-state index contributed by atoms with van der Waals surface area (Å²) in [7, 11) is 0. The number of Topliss-reactive ketones (excluding diaryl/α,β-unsaturated/α-hetero) is 1. The molecule has 1 atom stereocenters. The number of aliphatic imine (C=N–C) groups is 1.